The second-order valence-electron chi connectivity index (χ2n) is 9.27. The molecule has 1 fully saturated rings. The number of aryl methyl sites for hydroxylation is 2. The number of rotatable bonds is 4. The van der Waals surface area contributed by atoms with Crippen molar-refractivity contribution in [3.63, 3.8) is 0 Å². The van der Waals surface area contributed by atoms with Crippen LogP contribution in [0.2, 0.25) is 0 Å². The van der Waals surface area contributed by atoms with Crippen LogP contribution in [0.1, 0.15) is 32.3 Å². The van der Waals surface area contributed by atoms with Gasteiger partial charge in [0, 0.05) is 24.7 Å². The number of aliphatic hydroxyl groups is 1. The highest BCUT2D eigenvalue weighted by atomic mass is 16.3. The molecule has 4 aromatic rings. The van der Waals surface area contributed by atoms with Crippen LogP contribution in [-0.4, -0.2) is 24.8 Å². The van der Waals surface area contributed by atoms with Crippen molar-refractivity contribution in [3.8, 4) is 22.4 Å². The maximum absolute atomic E-state index is 13.3. The lowest BCUT2D eigenvalue weighted by molar-refractivity contribution is -0.0738. The summed E-state index contributed by atoms with van der Waals surface area (Å²) in [6.45, 7) is 4.33. The second-order valence-corrected chi connectivity index (χ2v) is 9.27. The Labute approximate surface area is 187 Å². The van der Waals surface area contributed by atoms with Gasteiger partial charge in [-0.3, -0.25) is 9.36 Å². The molecule has 2 aromatic carbocycles. The molecule has 6 nitrogen and oxygen atoms in total. The Balaban J connectivity index is 1.72. The fraction of sp³-hybridized carbons (Fsp3) is 0.308. The minimum Gasteiger partial charge on any atom is -0.390 e. The van der Waals surface area contributed by atoms with Gasteiger partial charge in [0.1, 0.15) is 5.65 Å². The molecule has 164 valence electrons. The van der Waals surface area contributed by atoms with E-state index in [0.29, 0.717) is 30.4 Å². The topological polar surface area (TPSA) is 86.1 Å². The van der Waals surface area contributed by atoms with Gasteiger partial charge in [0.2, 0.25) is 0 Å². The van der Waals surface area contributed by atoms with Crippen LogP contribution in [0.15, 0.2) is 65.7 Å². The van der Waals surface area contributed by atoms with E-state index in [1.54, 1.807) is 10.9 Å². The van der Waals surface area contributed by atoms with Crippen LogP contribution < -0.4 is 11.3 Å². The lowest BCUT2D eigenvalue weighted by Gasteiger charge is -2.49. The first kappa shape index (κ1) is 20.7. The normalized spacial score (nSPS) is 22.8. The van der Waals surface area contributed by atoms with Crippen LogP contribution in [0.25, 0.3) is 33.4 Å². The van der Waals surface area contributed by atoms with Crippen molar-refractivity contribution in [2.24, 2.45) is 12.8 Å². The van der Waals surface area contributed by atoms with Crippen LogP contribution in [0, 0.1) is 0 Å². The summed E-state index contributed by atoms with van der Waals surface area (Å²) in [4.78, 5) is 17.9. The van der Waals surface area contributed by atoms with E-state index in [4.69, 9.17) is 5.73 Å². The molecule has 0 unspecified atom stereocenters. The Morgan fingerprint density at radius 1 is 1.06 bits per heavy atom. The Hall–Kier alpha value is -3.22. The van der Waals surface area contributed by atoms with Gasteiger partial charge in [0.05, 0.1) is 23.0 Å². The average Bonchev–Trinajstić information content (AvgIpc) is 3.06. The summed E-state index contributed by atoms with van der Waals surface area (Å²) < 4.78 is 3.64. The molecule has 2 heterocycles. The molecule has 0 spiro atoms. The molecule has 3 N–H and O–H groups in total. The van der Waals surface area contributed by atoms with Gasteiger partial charge >= 0.3 is 0 Å². The monoisotopic (exact) mass is 428 g/mol. The second kappa shape index (κ2) is 7.15. The van der Waals surface area contributed by atoms with E-state index in [1.165, 1.54) is 0 Å². The molecule has 0 saturated heterocycles. The first-order chi connectivity index (χ1) is 15.2. The third-order valence-electron chi connectivity index (χ3n) is 6.69. The molecule has 0 radical (unpaired) electrons. The van der Waals surface area contributed by atoms with Crippen molar-refractivity contribution in [3.05, 3.63) is 76.8 Å². The van der Waals surface area contributed by atoms with Gasteiger partial charge in [-0.15, -0.1) is 0 Å². The van der Waals surface area contributed by atoms with Crippen molar-refractivity contribution < 1.29 is 5.11 Å². The molecule has 6 heteroatoms. The molecular formula is C26H28N4O2. The predicted octanol–water partition coefficient (Wildman–Crippen LogP) is 3.79. The molecule has 32 heavy (non-hydrogen) atoms. The van der Waals surface area contributed by atoms with Crippen molar-refractivity contribution >= 4 is 11.0 Å². The maximum atomic E-state index is 13.3. The maximum Gasteiger partial charge on any atom is 0.263 e. The fourth-order valence-electron chi connectivity index (χ4n) is 5.27. The summed E-state index contributed by atoms with van der Waals surface area (Å²) >= 11 is 0. The molecule has 5 rings (SSSR count). The van der Waals surface area contributed by atoms with Crippen LogP contribution in [0.5, 0.6) is 0 Å². The summed E-state index contributed by atoms with van der Waals surface area (Å²) in [6.07, 6.45) is 2.71. The predicted molar refractivity (Wildman–Crippen MR) is 127 cm³/mol. The van der Waals surface area contributed by atoms with Gasteiger partial charge in [0.25, 0.3) is 5.56 Å². The smallest absolute Gasteiger partial charge is 0.263 e. The van der Waals surface area contributed by atoms with E-state index < -0.39 is 11.1 Å². The highest BCUT2D eigenvalue weighted by molar-refractivity contribution is 6.02. The fourth-order valence-corrected chi connectivity index (χ4v) is 5.27. The van der Waals surface area contributed by atoms with Gasteiger partial charge < -0.3 is 15.4 Å². The van der Waals surface area contributed by atoms with Gasteiger partial charge in [-0.25, -0.2) is 4.98 Å². The minimum absolute atomic E-state index is 0.0348. The summed E-state index contributed by atoms with van der Waals surface area (Å²) in [5, 5.41) is 10.8. The SMILES string of the molecule is CCn1cnc2c(c(-c3ccccc3)c(-c3ccc([C@]4(N)C[C@@](C)(O)C4)cc3)n2C)c1=O. The number of benzene rings is 2. The van der Waals surface area contributed by atoms with Crippen molar-refractivity contribution in [1.29, 1.82) is 0 Å². The zero-order valence-corrected chi connectivity index (χ0v) is 18.7. The van der Waals surface area contributed by atoms with Gasteiger partial charge in [-0.05, 0) is 43.4 Å². The Kier molecular flexibility index (Phi) is 4.62. The van der Waals surface area contributed by atoms with Crippen LogP contribution >= 0.6 is 0 Å². The summed E-state index contributed by atoms with van der Waals surface area (Å²) in [5.74, 6) is 0. The average molecular weight is 429 g/mol. The number of hydrogen-bond acceptors (Lipinski definition) is 4. The van der Waals surface area contributed by atoms with Crippen LogP contribution in [0.3, 0.4) is 0 Å². The largest absolute Gasteiger partial charge is 0.390 e. The van der Waals surface area contributed by atoms with Gasteiger partial charge in [-0.1, -0.05) is 54.6 Å². The number of hydrogen-bond donors (Lipinski definition) is 2. The van der Waals surface area contributed by atoms with E-state index in [-0.39, 0.29) is 5.56 Å². The number of nitrogens with zero attached hydrogens (tertiary/aromatic N) is 3. The highest BCUT2D eigenvalue weighted by Crippen LogP contribution is 2.46. The molecule has 1 aliphatic rings. The van der Waals surface area contributed by atoms with E-state index in [1.807, 2.05) is 67.9 Å². The lowest BCUT2D eigenvalue weighted by Crippen LogP contribution is -2.58. The third kappa shape index (κ3) is 3.10. The quantitative estimate of drug-likeness (QED) is 0.518. The molecule has 0 bridgehead atoms. The molecule has 1 saturated carbocycles. The van der Waals surface area contributed by atoms with Crippen LogP contribution in [-0.2, 0) is 19.1 Å². The number of aromatic nitrogens is 3. The first-order valence-electron chi connectivity index (χ1n) is 11.0. The summed E-state index contributed by atoms with van der Waals surface area (Å²) in [5.41, 5.74) is 10.8. The molecule has 0 amide bonds. The minimum atomic E-state index is -0.700. The van der Waals surface area contributed by atoms with E-state index in [2.05, 4.69) is 17.1 Å². The van der Waals surface area contributed by atoms with Gasteiger partial charge in [0.15, 0.2) is 0 Å². The summed E-state index contributed by atoms with van der Waals surface area (Å²) in [6, 6.07) is 18.2. The molecule has 0 atom stereocenters. The molecule has 0 aliphatic heterocycles. The van der Waals surface area contributed by atoms with Crippen molar-refractivity contribution in [1.82, 2.24) is 14.1 Å². The van der Waals surface area contributed by atoms with Crippen LogP contribution in [0.4, 0.5) is 0 Å². The van der Waals surface area contributed by atoms with E-state index >= 15 is 0 Å². The lowest BCUT2D eigenvalue weighted by atomic mass is 9.63. The number of fused-ring (bicyclic) bond motifs is 1. The summed E-state index contributed by atoms with van der Waals surface area (Å²) in [7, 11) is 1.95. The highest BCUT2D eigenvalue weighted by Gasteiger charge is 2.49. The standard InChI is InChI=1S/C26H28N4O2/c1-4-30-16-28-23-21(24(30)31)20(17-8-6-5-7-9-17)22(29(23)3)18-10-12-19(13-11-18)26(27)14-25(2,32)15-26/h5-13,16,32H,4,14-15,27H2,1-3H3/t25-,26+. The van der Waals surface area contributed by atoms with Crippen molar-refractivity contribution in [2.45, 2.75) is 44.4 Å². The Bertz CT molecular complexity index is 1360. The Morgan fingerprint density at radius 3 is 2.31 bits per heavy atom. The zero-order chi connectivity index (χ0) is 22.7. The van der Waals surface area contributed by atoms with E-state index in [9.17, 15) is 9.90 Å². The first-order valence-corrected chi connectivity index (χ1v) is 11.0. The van der Waals surface area contributed by atoms with Gasteiger partial charge in [-0.2, -0.15) is 0 Å². The molecular weight excluding hydrogens is 400 g/mol. The molecule has 1 aliphatic carbocycles. The Morgan fingerprint density at radius 2 is 1.72 bits per heavy atom. The third-order valence-corrected chi connectivity index (χ3v) is 6.69. The zero-order valence-electron chi connectivity index (χ0n) is 18.7. The van der Waals surface area contributed by atoms with Crippen molar-refractivity contribution in [2.75, 3.05) is 0 Å². The van der Waals surface area contributed by atoms with E-state index in [0.717, 1.165) is 27.9 Å². The number of nitrogens with two attached hydrogens (primary N) is 1. The molecule has 2 aromatic heterocycles.